The molecule has 3 aromatic rings. The molecule has 6 nitrogen and oxygen atoms in total. The van der Waals surface area contributed by atoms with E-state index in [1.165, 1.54) is 10.1 Å². The fourth-order valence-electron chi connectivity index (χ4n) is 3.17. The van der Waals surface area contributed by atoms with Crippen LogP contribution in [0.2, 0.25) is 0 Å². The Kier molecular flexibility index (Phi) is 6.41. The fourth-order valence-corrected chi connectivity index (χ4v) is 3.49. The minimum Gasteiger partial charge on any atom is -0.492 e. The predicted molar refractivity (Wildman–Crippen MR) is 122 cm³/mol. The number of amides is 1. The van der Waals surface area contributed by atoms with Crippen molar-refractivity contribution in [3.8, 4) is 5.75 Å². The molecule has 7 heteroatoms. The summed E-state index contributed by atoms with van der Waals surface area (Å²) in [5.41, 5.74) is 2.19. The number of benzene rings is 2. The van der Waals surface area contributed by atoms with Gasteiger partial charge >= 0.3 is 0 Å². The maximum absolute atomic E-state index is 12.5. The number of carbonyl (C=O) groups is 1. The molecule has 2 N–H and O–H groups in total. The highest BCUT2D eigenvalue weighted by molar-refractivity contribution is 7.71. The van der Waals surface area contributed by atoms with Gasteiger partial charge in [0.1, 0.15) is 12.4 Å². The van der Waals surface area contributed by atoms with Gasteiger partial charge in [-0.15, -0.1) is 0 Å². The third-order valence-corrected chi connectivity index (χ3v) is 5.26. The molecule has 0 aliphatic heterocycles. The van der Waals surface area contributed by atoms with Crippen molar-refractivity contribution >= 4 is 29.0 Å². The highest BCUT2D eigenvalue weighted by Gasteiger charge is 2.13. The van der Waals surface area contributed by atoms with E-state index < -0.39 is 0 Å². The maximum Gasteiger partial charge on any atom is 0.262 e. The van der Waals surface area contributed by atoms with Crippen molar-refractivity contribution in [3.63, 3.8) is 0 Å². The molecule has 1 heterocycles. The van der Waals surface area contributed by atoms with Crippen LogP contribution in [0.15, 0.2) is 47.3 Å². The second-order valence-electron chi connectivity index (χ2n) is 8.12. The smallest absolute Gasteiger partial charge is 0.262 e. The predicted octanol–water partition coefficient (Wildman–Crippen LogP) is 4.19. The average molecular weight is 426 g/mol. The van der Waals surface area contributed by atoms with Crippen molar-refractivity contribution in [2.75, 3.05) is 13.2 Å². The van der Waals surface area contributed by atoms with Gasteiger partial charge in [-0.3, -0.25) is 14.2 Å². The van der Waals surface area contributed by atoms with Crippen LogP contribution in [0.3, 0.4) is 0 Å². The molecule has 0 saturated carbocycles. The highest BCUT2D eigenvalue weighted by Crippen LogP contribution is 2.24. The van der Waals surface area contributed by atoms with Gasteiger partial charge in [0.15, 0.2) is 4.77 Å². The minimum absolute atomic E-state index is 0.0966. The van der Waals surface area contributed by atoms with E-state index in [0.29, 0.717) is 40.9 Å². The fraction of sp³-hybridized carbons (Fsp3) is 0.348. The van der Waals surface area contributed by atoms with Crippen molar-refractivity contribution in [2.45, 2.75) is 39.7 Å². The van der Waals surface area contributed by atoms with Crippen molar-refractivity contribution in [1.82, 2.24) is 14.9 Å². The van der Waals surface area contributed by atoms with E-state index in [4.69, 9.17) is 17.0 Å². The number of rotatable bonds is 6. The topological polar surface area (TPSA) is 76.1 Å². The molecule has 2 aromatic carbocycles. The molecule has 0 atom stereocenters. The molecule has 0 fully saturated rings. The van der Waals surface area contributed by atoms with Crippen molar-refractivity contribution in [2.24, 2.45) is 0 Å². The van der Waals surface area contributed by atoms with Crippen LogP contribution in [0.1, 0.15) is 43.6 Å². The summed E-state index contributed by atoms with van der Waals surface area (Å²) in [6.45, 7) is 9.57. The van der Waals surface area contributed by atoms with Gasteiger partial charge < -0.3 is 15.0 Å². The normalized spacial score (nSPS) is 11.5. The number of carbonyl (C=O) groups excluding carboxylic acids is 1. The third-order valence-electron chi connectivity index (χ3n) is 4.94. The van der Waals surface area contributed by atoms with E-state index in [1.54, 1.807) is 18.2 Å². The molecule has 158 valence electrons. The Bertz CT molecular complexity index is 1170. The number of nitrogens with zero attached hydrogens (tertiary/aromatic N) is 1. The molecule has 30 heavy (non-hydrogen) atoms. The van der Waals surface area contributed by atoms with Crippen LogP contribution in [0.4, 0.5) is 0 Å². The van der Waals surface area contributed by atoms with Crippen LogP contribution in [0.5, 0.6) is 5.75 Å². The molecule has 0 radical (unpaired) electrons. The molecule has 0 unspecified atom stereocenters. The van der Waals surface area contributed by atoms with E-state index in [9.17, 15) is 9.59 Å². The molecule has 0 saturated heterocycles. The molecule has 3 rings (SSSR count). The molecular weight excluding hydrogens is 398 g/mol. The number of nitrogens with one attached hydrogen (secondary N) is 2. The largest absolute Gasteiger partial charge is 0.492 e. The Hall–Kier alpha value is -2.93. The first-order valence-electron chi connectivity index (χ1n) is 9.99. The number of aromatic amines is 1. The Balaban J connectivity index is 1.60. The summed E-state index contributed by atoms with van der Waals surface area (Å²) >= 11 is 5.23. The summed E-state index contributed by atoms with van der Waals surface area (Å²) in [7, 11) is 0. The highest BCUT2D eigenvalue weighted by atomic mass is 32.1. The number of ether oxygens (including phenoxy) is 1. The van der Waals surface area contributed by atoms with Gasteiger partial charge in [0.25, 0.3) is 11.5 Å². The van der Waals surface area contributed by atoms with Gasteiger partial charge in [0.05, 0.1) is 17.4 Å². The first-order chi connectivity index (χ1) is 14.2. The van der Waals surface area contributed by atoms with Crippen LogP contribution in [-0.4, -0.2) is 28.6 Å². The zero-order chi connectivity index (χ0) is 21.9. The Morgan fingerprint density at radius 2 is 1.87 bits per heavy atom. The quantitative estimate of drug-likeness (QED) is 0.459. The lowest BCUT2D eigenvalue weighted by Crippen LogP contribution is -2.28. The lowest BCUT2D eigenvalue weighted by atomic mass is 9.87. The van der Waals surface area contributed by atoms with Gasteiger partial charge in [0, 0.05) is 12.1 Å². The number of H-pyrrole nitrogens is 1. The third kappa shape index (κ3) is 4.79. The summed E-state index contributed by atoms with van der Waals surface area (Å²) in [5.74, 6) is 0.533. The molecule has 1 amide bonds. The molecule has 1 aromatic heterocycles. The Morgan fingerprint density at radius 1 is 1.17 bits per heavy atom. The van der Waals surface area contributed by atoms with Gasteiger partial charge in [0.2, 0.25) is 0 Å². The van der Waals surface area contributed by atoms with Crippen molar-refractivity contribution in [1.29, 1.82) is 0 Å². The Morgan fingerprint density at radius 3 is 2.50 bits per heavy atom. The summed E-state index contributed by atoms with van der Waals surface area (Å²) in [6.07, 6.45) is 0. The van der Waals surface area contributed by atoms with E-state index >= 15 is 0 Å². The molecule has 0 bridgehead atoms. The summed E-state index contributed by atoms with van der Waals surface area (Å²) < 4.78 is 7.54. The van der Waals surface area contributed by atoms with E-state index in [1.807, 2.05) is 19.1 Å². The average Bonchev–Trinajstić information content (AvgIpc) is 2.70. The number of hydrogen-bond donors (Lipinski definition) is 2. The number of hydrogen-bond acceptors (Lipinski definition) is 4. The minimum atomic E-state index is -0.234. The van der Waals surface area contributed by atoms with Crippen LogP contribution >= 0.6 is 12.2 Å². The molecule has 0 aliphatic rings. The monoisotopic (exact) mass is 425 g/mol. The van der Waals surface area contributed by atoms with E-state index in [2.05, 4.69) is 43.2 Å². The van der Waals surface area contributed by atoms with Gasteiger partial charge in [-0.2, -0.15) is 0 Å². The standard InChI is InChI=1S/C23H27N3O3S/c1-5-26-21(28)18-11-6-15(14-19(18)25-22(26)30)20(27)24-12-13-29-17-9-7-16(8-10-17)23(2,3)4/h6-11,14H,5,12-13H2,1-4H3,(H,24,27)(H,25,30). The zero-order valence-corrected chi connectivity index (χ0v) is 18.6. The second-order valence-corrected chi connectivity index (χ2v) is 8.51. The molecule has 0 aliphatic carbocycles. The Labute approximate surface area is 180 Å². The second kappa shape index (κ2) is 8.83. The summed E-state index contributed by atoms with van der Waals surface area (Å²) in [6, 6.07) is 12.9. The van der Waals surface area contributed by atoms with Crippen LogP contribution in [0.25, 0.3) is 10.9 Å². The van der Waals surface area contributed by atoms with Crippen LogP contribution < -0.4 is 15.6 Å². The van der Waals surface area contributed by atoms with Crippen molar-refractivity contribution < 1.29 is 9.53 Å². The SMILES string of the molecule is CCn1c(=S)[nH]c2cc(C(=O)NCCOc3ccc(C(C)(C)C)cc3)ccc2c1=O. The summed E-state index contributed by atoms with van der Waals surface area (Å²) in [4.78, 5) is 27.9. The van der Waals surface area contributed by atoms with Gasteiger partial charge in [-0.25, -0.2) is 0 Å². The van der Waals surface area contributed by atoms with Gasteiger partial charge in [-0.1, -0.05) is 32.9 Å². The summed E-state index contributed by atoms with van der Waals surface area (Å²) in [5, 5.41) is 3.34. The zero-order valence-electron chi connectivity index (χ0n) is 17.7. The van der Waals surface area contributed by atoms with E-state index in [0.717, 1.165) is 5.75 Å². The van der Waals surface area contributed by atoms with Gasteiger partial charge in [-0.05, 0) is 60.5 Å². The first kappa shape index (κ1) is 21.8. The molecular formula is C23H27N3O3S. The first-order valence-corrected chi connectivity index (χ1v) is 10.4. The number of aromatic nitrogens is 2. The lowest BCUT2D eigenvalue weighted by Gasteiger charge is -2.19. The maximum atomic E-state index is 12.5. The molecule has 0 spiro atoms. The van der Waals surface area contributed by atoms with Crippen LogP contribution in [0, 0.1) is 4.77 Å². The van der Waals surface area contributed by atoms with Crippen molar-refractivity contribution in [3.05, 3.63) is 68.7 Å². The number of fused-ring (bicyclic) bond motifs is 1. The van der Waals surface area contributed by atoms with E-state index in [-0.39, 0.29) is 16.9 Å². The lowest BCUT2D eigenvalue weighted by molar-refractivity contribution is 0.0947. The van der Waals surface area contributed by atoms with Crippen LogP contribution in [-0.2, 0) is 12.0 Å².